The Morgan fingerprint density at radius 3 is 1.98 bits per heavy atom. The van der Waals surface area contributed by atoms with Gasteiger partial charge in [-0.1, -0.05) is 0 Å². The summed E-state index contributed by atoms with van der Waals surface area (Å²) in [5.74, 6) is -12.7. The van der Waals surface area contributed by atoms with E-state index in [1.54, 1.807) is 0 Å². The van der Waals surface area contributed by atoms with Crippen molar-refractivity contribution < 1.29 is 79.0 Å². The zero-order valence-corrected chi connectivity index (χ0v) is 20.3. The number of rotatable bonds is 8. The first-order chi connectivity index (χ1) is 19.3. The van der Waals surface area contributed by atoms with Crippen molar-refractivity contribution in [3.63, 3.8) is 0 Å². The molecule has 19 heteroatoms. The minimum absolute atomic E-state index is 0.0978. The van der Waals surface area contributed by atoms with E-state index < -0.39 is 76.3 Å². The number of aromatic nitrogens is 1. The Morgan fingerprint density at radius 2 is 1.45 bits per heavy atom. The number of alkyl halides is 6. The van der Waals surface area contributed by atoms with Crippen LogP contribution >= 0.6 is 0 Å². The van der Waals surface area contributed by atoms with Gasteiger partial charge in [0.2, 0.25) is 11.6 Å². The molecule has 0 bridgehead atoms. The van der Waals surface area contributed by atoms with Crippen LogP contribution in [-0.2, 0) is 10.9 Å². The summed E-state index contributed by atoms with van der Waals surface area (Å²) in [5, 5.41) is 29.2. The monoisotopic (exact) mass is 614 g/mol. The number of anilines is 1. The van der Waals surface area contributed by atoms with Gasteiger partial charge >= 0.3 is 24.7 Å². The number of carbonyl (C=O) groups excluding carboxylic acids is 2. The molecule has 2 aromatic carbocycles. The van der Waals surface area contributed by atoms with Gasteiger partial charge in [-0.25, -0.2) is 14.2 Å². The molecule has 1 aromatic heterocycles. The smallest absolute Gasteiger partial charge is 0.464 e. The molecule has 0 spiro atoms. The second-order valence-electron chi connectivity index (χ2n) is 7.71. The molecule has 1 heterocycles. The number of benzene rings is 2. The van der Waals surface area contributed by atoms with Gasteiger partial charge in [-0.3, -0.25) is 4.79 Å². The highest BCUT2D eigenvalue weighted by Crippen LogP contribution is 2.43. The normalized spacial score (nSPS) is 12.0. The predicted octanol–water partition coefficient (Wildman–Crippen LogP) is 4.08. The summed E-state index contributed by atoms with van der Waals surface area (Å²) in [6.07, 6.45) is -14.3. The lowest BCUT2D eigenvalue weighted by Crippen LogP contribution is -2.35. The van der Waals surface area contributed by atoms with E-state index >= 15 is 4.39 Å². The van der Waals surface area contributed by atoms with Gasteiger partial charge in [-0.05, 0) is 36.4 Å². The average molecular weight is 614 g/mol. The molecule has 0 radical (unpaired) electrons. The molecule has 226 valence electrons. The van der Waals surface area contributed by atoms with Crippen LogP contribution in [0.4, 0.5) is 40.8 Å². The molecule has 0 aliphatic rings. The highest BCUT2D eigenvalue weighted by Gasteiger charge is 2.39. The molecule has 0 unspecified atom stereocenters. The number of aliphatic hydroxyl groups is 3. The van der Waals surface area contributed by atoms with E-state index in [2.05, 4.69) is 19.2 Å². The number of nitrogens with zero attached hydrogens (tertiary/aromatic N) is 1. The lowest BCUT2D eigenvalue weighted by Gasteiger charge is -2.21. The molecule has 42 heavy (non-hydrogen) atoms. The number of amides is 1. The van der Waals surface area contributed by atoms with Crippen LogP contribution in [0.1, 0.15) is 26.4 Å². The predicted molar refractivity (Wildman–Crippen MR) is 118 cm³/mol. The first-order valence-corrected chi connectivity index (χ1v) is 10.7. The lowest BCUT2D eigenvalue weighted by atomic mass is 10.1. The maximum atomic E-state index is 15.1. The van der Waals surface area contributed by atoms with Crippen LogP contribution in [0.3, 0.4) is 0 Å². The van der Waals surface area contributed by atoms with Crippen molar-refractivity contribution in [2.75, 3.05) is 12.4 Å². The summed E-state index contributed by atoms with van der Waals surface area (Å²) >= 11 is 0. The number of pyridine rings is 1. The molecule has 0 atom stereocenters. The molecule has 4 N–H and O–H groups in total. The summed E-state index contributed by atoms with van der Waals surface area (Å²) in [6.45, 7) is 0. The minimum Gasteiger partial charge on any atom is -0.464 e. The van der Waals surface area contributed by atoms with Gasteiger partial charge in [-0.2, -0.15) is 17.6 Å². The molecule has 0 aliphatic carbocycles. The van der Waals surface area contributed by atoms with Gasteiger partial charge in [0.25, 0.3) is 5.91 Å². The van der Waals surface area contributed by atoms with Crippen molar-refractivity contribution in [3.05, 3.63) is 71.1 Å². The van der Waals surface area contributed by atoms with E-state index in [9.17, 15) is 40.3 Å². The van der Waals surface area contributed by atoms with Gasteiger partial charge in [-0.15, -0.1) is 13.2 Å². The van der Waals surface area contributed by atoms with Crippen LogP contribution < -0.4 is 19.5 Å². The molecule has 0 saturated heterocycles. The molecule has 0 aliphatic heterocycles. The van der Waals surface area contributed by atoms with Crippen molar-refractivity contribution in [2.24, 2.45) is 0 Å². The van der Waals surface area contributed by atoms with Crippen molar-refractivity contribution in [2.45, 2.75) is 18.7 Å². The van der Waals surface area contributed by atoms with Gasteiger partial charge in [0.05, 0.1) is 24.6 Å². The fourth-order valence-corrected chi connectivity index (χ4v) is 3.12. The van der Waals surface area contributed by atoms with Crippen LogP contribution in [0.2, 0.25) is 0 Å². The number of ether oxygens (including phenoxy) is 4. The Morgan fingerprint density at radius 1 is 0.833 bits per heavy atom. The summed E-state index contributed by atoms with van der Waals surface area (Å²) in [4.78, 5) is 28.0. The zero-order chi connectivity index (χ0) is 31.6. The summed E-state index contributed by atoms with van der Waals surface area (Å²) in [6, 6.07) is 3.16. The van der Waals surface area contributed by atoms with Crippen molar-refractivity contribution in [1.29, 1.82) is 0 Å². The summed E-state index contributed by atoms with van der Waals surface area (Å²) in [5.41, 5.74) is -4.00. The number of halogens is 8. The van der Waals surface area contributed by atoms with Gasteiger partial charge < -0.3 is 39.6 Å². The highest BCUT2D eigenvalue weighted by atomic mass is 19.4. The van der Waals surface area contributed by atoms with E-state index in [-0.39, 0.29) is 23.5 Å². The molecule has 0 saturated carbocycles. The first-order valence-electron chi connectivity index (χ1n) is 10.7. The van der Waals surface area contributed by atoms with Crippen molar-refractivity contribution >= 4 is 17.6 Å². The number of esters is 1. The maximum absolute atomic E-state index is 15.1. The van der Waals surface area contributed by atoms with Crippen LogP contribution in [0, 0.1) is 11.6 Å². The topological polar surface area (TPSA) is 157 Å². The Balaban J connectivity index is 2.12. The molecular formula is C23H14F8N2O9. The highest BCUT2D eigenvalue weighted by molar-refractivity contribution is 6.06. The fraction of sp³-hybridized carbons (Fsp3) is 0.174. The quantitative estimate of drug-likeness (QED) is 0.166. The standard InChI is InChI=1S/C23H14F8N2O9/c1-39-20(35)11-4-2-9(8-32-11)33-19(34)15-12(5-3-10(16(15)24)21(26,27)28)40-14-7-6-13(41-22(29,30)31)17(25)18(14)42-23(36,37)38/h2-8,36-38H,1H3,(H,33,34). The average Bonchev–Trinajstić information content (AvgIpc) is 2.85. The molecule has 3 rings (SSSR count). The second-order valence-corrected chi connectivity index (χ2v) is 7.71. The number of hydrogen-bond acceptors (Lipinski definition) is 10. The zero-order valence-electron chi connectivity index (χ0n) is 20.3. The van der Waals surface area contributed by atoms with Crippen molar-refractivity contribution in [1.82, 2.24) is 4.98 Å². The number of nitrogens with one attached hydrogen (secondary N) is 1. The van der Waals surface area contributed by atoms with Crippen LogP contribution in [0.25, 0.3) is 0 Å². The van der Waals surface area contributed by atoms with E-state index in [1.165, 1.54) is 0 Å². The SMILES string of the molecule is COC(=O)c1ccc(NC(=O)c2c(Oc3ccc(OC(F)(F)F)c(F)c3OC(O)(O)O)ccc(C(F)(F)F)c2F)cn1. The van der Waals surface area contributed by atoms with Crippen LogP contribution in [0.5, 0.6) is 23.0 Å². The van der Waals surface area contributed by atoms with Gasteiger partial charge in [0, 0.05) is 0 Å². The van der Waals surface area contributed by atoms with Gasteiger partial charge in [0.15, 0.2) is 17.3 Å². The van der Waals surface area contributed by atoms with Crippen LogP contribution in [0.15, 0.2) is 42.6 Å². The Kier molecular flexibility index (Phi) is 8.79. The number of carbonyl (C=O) groups is 2. The second kappa shape index (κ2) is 11.6. The molecule has 3 aromatic rings. The third-order valence-electron chi connectivity index (χ3n) is 4.76. The number of hydrogen-bond donors (Lipinski definition) is 4. The summed E-state index contributed by atoms with van der Waals surface area (Å²) in [7, 11) is 1.04. The third kappa shape index (κ3) is 7.71. The Labute approximate surface area is 227 Å². The Bertz CT molecular complexity index is 1490. The minimum atomic E-state index is -5.49. The lowest BCUT2D eigenvalue weighted by molar-refractivity contribution is -0.420. The molecular weight excluding hydrogens is 600 g/mol. The van der Waals surface area contributed by atoms with Gasteiger partial charge in [0.1, 0.15) is 17.0 Å². The van der Waals surface area contributed by atoms with E-state index in [1.807, 2.05) is 5.32 Å². The van der Waals surface area contributed by atoms with Crippen molar-refractivity contribution in [3.8, 4) is 23.0 Å². The first kappa shape index (κ1) is 31.8. The third-order valence-corrected chi connectivity index (χ3v) is 4.76. The maximum Gasteiger partial charge on any atom is 0.573 e. The fourth-order valence-electron chi connectivity index (χ4n) is 3.12. The Hall–Kier alpha value is -4.75. The van der Waals surface area contributed by atoms with E-state index in [0.717, 1.165) is 25.4 Å². The molecule has 11 nitrogen and oxygen atoms in total. The van der Waals surface area contributed by atoms with E-state index in [4.69, 9.17) is 20.1 Å². The van der Waals surface area contributed by atoms with Crippen LogP contribution in [-0.4, -0.2) is 51.8 Å². The molecule has 0 fully saturated rings. The molecule has 1 amide bonds. The van der Waals surface area contributed by atoms with E-state index in [0.29, 0.717) is 12.1 Å². The number of methoxy groups -OCH3 is 1. The summed E-state index contributed by atoms with van der Waals surface area (Å²) < 4.78 is 125. The largest absolute Gasteiger partial charge is 0.573 e.